The normalized spacial score (nSPS) is 13.0. The van der Waals surface area contributed by atoms with E-state index in [1.807, 2.05) is 0 Å². The van der Waals surface area contributed by atoms with Gasteiger partial charge in [0.15, 0.2) is 0 Å². The second-order valence-corrected chi connectivity index (χ2v) is 7.95. The molecule has 8 heteroatoms. The van der Waals surface area contributed by atoms with Crippen LogP contribution in [0, 0.1) is 13.8 Å². The Morgan fingerprint density at radius 2 is 1.90 bits per heavy atom. The molecule has 0 aliphatic carbocycles. The first-order chi connectivity index (χ1) is 9.62. The van der Waals surface area contributed by atoms with Crippen LogP contribution in [-0.2, 0) is 20.8 Å². The maximum atomic E-state index is 12.1. The van der Waals surface area contributed by atoms with Crippen LogP contribution < -0.4 is 10.5 Å². The fourth-order valence-electron chi connectivity index (χ4n) is 1.96. The molecule has 0 saturated carbocycles. The van der Waals surface area contributed by atoms with Crippen molar-refractivity contribution < 1.29 is 17.4 Å². The Labute approximate surface area is 127 Å². The first kappa shape index (κ1) is 17.8. The monoisotopic (exact) mass is 332 g/mol. The Morgan fingerprint density at radius 3 is 2.43 bits per heavy atom. The second-order valence-electron chi connectivity index (χ2n) is 4.86. The van der Waals surface area contributed by atoms with Gasteiger partial charge in [0.1, 0.15) is 0 Å². The van der Waals surface area contributed by atoms with Crippen molar-refractivity contribution in [2.24, 2.45) is 5.14 Å². The molecule has 1 aromatic carbocycles. The third kappa shape index (κ3) is 5.22. The number of carbonyl (C=O) groups excluding carboxylic acids is 1. The summed E-state index contributed by atoms with van der Waals surface area (Å²) < 4.78 is 33.9. The van der Waals surface area contributed by atoms with Crippen molar-refractivity contribution in [2.45, 2.75) is 25.2 Å². The minimum atomic E-state index is -3.86. The smallest absolute Gasteiger partial charge is 0.251 e. The number of hydrogen-bond acceptors (Lipinski definition) is 4. The van der Waals surface area contributed by atoms with Crippen LogP contribution in [0.4, 0.5) is 0 Å². The molecule has 3 N–H and O–H groups in total. The summed E-state index contributed by atoms with van der Waals surface area (Å²) in [6.45, 7) is 3.75. The van der Waals surface area contributed by atoms with E-state index in [4.69, 9.17) is 5.14 Å². The molecule has 118 valence electrons. The Balaban J connectivity index is 2.92. The van der Waals surface area contributed by atoms with Crippen molar-refractivity contribution in [3.63, 3.8) is 0 Å². The van der Waals surface area contributed by atoms with Crippen molar-refractivity contribution in [1.82, 2.24) is 5.32 Å². The van der Waals surface area contributed by atoms with Gasteiger partial charge in [-0.1, -0.05) is 6.07 Å². The molecule has 1 amide bonds. The third-order valence-electron chi connectivity index (χ3n) is 2.97. The van der Waals surface area contributed by atoms with Gasteiger partial charge in [0, 0.05) is 34.9 Å². The summed E-state index contributed by atoms with van der Waals surface area (Å²) in [6.07, 6.45) is 2.20. The summed E-state index contributed by atoms with van der Waals surface area (Å²) in [7, 11) is -4.76. The zero-order valence-electron chi connectivity index (χ0n) is 12.3. The minimum absolute atomic E-state index is 0.0482. The van der Waals surface area contributed by atoms with Crippen LogP contribution in [0.3, 0.4) is 0 Å². The SMILES string of the molecule is Cc1cc(C)c(S(N)(=O)=O)cc1C(=O)NCCCS(C)=O. The summed E-state index contributed by atoms with van der Waals surface area (Å²) in [5.41, 5.74) is 1.46. The predicted octanol–water partition coefficient (Wildman–Crippen LogP) is 0.449. The summed E-state index contributed by atoms with van der Waals surface area (Å²) >= 11 is 0. The average molecular weight is 332 g/mol. The molecule has 6 nitrogen and oxygen atoms in total. The highest BCUT2D eigenvalue weighted by molar-refractivity contribution is 7.89. The molecule has 0 bridgehead atoms. The fourth-order valence-corrected chi connectivity index (χ4v) is 3.30. The van der Waals surface area contributed by atoms with Crippen LogP contribution in [0.1, 0.15) is 27.9 Å². The Bertz CT molecular complexity index is 669. The van der Waals surface area contributed by atoms with Crippen LogP contribution in [0.2, 0.25) is 0 Å². The molecular weight excluding hydrogens is 312 g/mol. The maximum Gasteiger partial charge on any atom is 0.251 e. The van der Waals surface area contributed by atoms with E-state index in [1.165, 1.54) is 6.07 Å². The maximum absolute atomic E-state index is 12.1. The van der Waals surface area contributed by atoms with E-state index in [1.54, 1.807) is 26.2 Å². The standard InChI is InChI=1S/C13H20N2O4S2/c1-9-7-10(2)12(21(14,18)19)8-11(9)13(16)15-5-4-6-20(3)17/h7-8H,4-6H2,1-3H3,(H,15,16)(H2,14,18,19). The molecule has 21 heavy (non-hydrogen) atoms. The number of aryl methyl sites for hydroxylation is 2. The average Bonchev–Trinajstić information content (AvgIpc) is 2.32. The molecule has 1 aromatic rings. The predicted molar refractivity (Wildman–Crippen MR) is 83.2 cm³/mol. The van der Waals surface area contributed by atoms with Gasteiger partial charge in [-0.25, -0.2) is 13.6 Å². The molecule has 0 aliphatic heterocycles. The topological polar surface area (TPSA) is 106 Å². The van der Waals surface area contributed by atoms with Gasteiger partial charge in [-0.2, -0.15) is 0 Å². The van der Waals surface area contributed by atoms with E-state index in [0.29, 0.717) is 29.8 Å². The quantitative estimate of drug-likeness (QED) is 0.738. The first-order valence-electron chi connectivity index (χ1n) is 6.35. The van der Waals surface area contributed by atoms with Gasteiger partial charge in [0.25, 0.3) is 5.91 Å². The van der Waals surface area contributed by atoms with Crippen molar-refractivity contribution in [2.75, 3.05) is 18.6 Å². The van der Waals surface area contributed by atoms with Gasteiger partial charge < -0.3 is 5.32 Å². The Kier molecular flexibility index (Phi) is 6.06. The number of sulfonamides is 1. The lowest BCUT2D eigenvalue weighted by molar-refractivity contribution is 0.0953. The van der Waals surface area contributed by atoms with Gasteiger partial charge in [-0.05, 0) is 37.5 Å². The Morgan fingerprint density at radius 1 is 1.29 bits per heavy atom. The molecule has 0 aromatic heterocycles. The van der Waals surface area contributed by atoms with Gasteiger partial charge in [-0.15, -0.1) is 0 Å². The molecule has 0 saturated heterocycles. The highest BCUT2D eigenvalue weighted by Crippen LogP contribution is 2.19. The van der Waals surface area contributed by atoms with Crippen LogP contribution in [0.5, 0.6) is 0 Å². The molecule has 0 heterocycles. The fraction of sp³-hybridized carbons (Fsp3) is 0.462. The van der Waals surface area contributed by atoms with Gasteiger partial charge >= 0.3 is 0 Å². The van der Waals surface area contributed by atoms with Gasteiger partial charge in [0.2, 0.25) is 10.0 Å². The number of rotatable bonds is 6. The van der Waals surface area contributed by atoms with Gasteiger partial charge in [0.05, 0.1) is 4.90 Å². The van der Waals surface area contributed by atoms with E-state index < -0.39 is 20.8 Å². The number of benzene rings is 1. The molecular formula is C13H20N2O4S2. The van der Waals surface area contributed by atoms with Crippen LogP contribution in [-0.4, -0.2) is 37.1 Å². The van der Waals surface area contributed by atoms with E-state index >= 15 is 0 Å². The molecule has 1 rings (SSSR count). The Hall–Kier alpha value is -1.25. The number of hydrogen-bond donors (Lipinski definition) is 2. The largest absolute Gasteiger partial charge is 0.352 e. The highest BCUT2D eigenvalue weighted by Gasteiger charge is 2.17. The van der Waals surface area contributed by atoms with Crippen molar-refractivity contribution in [3.8, 4) is 0 Å². The first-order valence-corrected chi connectivity index (χ1v) is 9.62. The molecule has 1 unspecified atom stereocenters. The number of amides is 1. The second kappa shape index (κ2) is 7.15. The summed E-state index contributed by atoms with van der Waals surface area (Å²) in [5, 5.41) is 7.82. The lowest BCUT2D eigenvalue weighted by atomic mass is 10.1. The molecule has 0 aliphatic rings. The van der Waals surface area contributed by atoms with Crippen molar-refractivity contribution >= 4 is 26.7 Å². The summed E-state index contributed by atoms with van der Waals surface area (Å²) in [5.74, 6) is 0.148. The number of carbonyl (C=O) groups is 1. The number of primary sulfonamides is 1. The number of nitrogens with two attached hydrogens (primary N) is 1. The van der Waals surface area contributed by atoms with Gasteiger partial charge in [-0.3, -0.25) is 9.00 Å². The van der Waals surface area contributed by atoms with E-state index in [9.17, 15) is 17.4 Å². The molecule has 0 spiro atoms. The molecule has 1 atom stereocenters. The third-order valence-corrected chi connectivity index (χ3v) is 4.88. The molecule has 0 fully saturated rings. The minimum Gasteiger partial charge on any atom is -0.352 e. The van der Waals surface area contributed by atoms with Crippen LogP contribution in [0.15, 0.2) is 17.0 Å². The highest BCUT2D eigenvalue weighted by atomic mass is 32.2. The zero-order chi connectivity index (χ0) is 16.2. The van der Waals surface area contributed by atoms with E-state index in [-0.39, 0.29) is 16.4 Å². The van der Waals surface area contributed by atoms with Crippen molar-refractivity contribution in [3.05, 3.63) is 28.8 Å². The van der Waals surface area contributed by atoms with E-state index in [2.05, 4.69) is 5.32 Å². The summed E-state index contributed by atoms with van der Waals surface area (Å²) in [4.78, 5) is 12.0. The summed E-state index contributed by atoms with van der Waals surface area (Å²) in [6, 6.07) is 2.92. The number of nitrogens with one attached hydrogen (secondary N) is 1. The van der Waals surface area contributed by atoms with Crippen LogP contribution >= 0.6 is 0 Å². The molecule has 0 radical (unpaired) electrons. The lowest BCUT2D eigenvalue weighted by Crippen LogP contribution is -2.27. The lowest BCUT2D eigenvalue weighted by Gasteiger charge is -2.11. The van der Waals surface area contributed by atoms with Crippen LogP contribution in [0.25, 0.3) is 0 Å². The van der Waals surface area contributed by atoms with Crippen molar-refractivity contribution in [1.29, 1.82) is 0 Å². The van der Waals surface area contributed by atoms with E-state index in [0.717, 1.165) is 0 Å². The zero-order valence-corrected chi connectivity index (χ0v) is 13.9.